The highest BCUT2D eigenvalue weighted by atomic mass is 79.9. The van der Waals surface area contributed by atoms with Crippen LogP contribution in [0.5, 0.6) is 5.75 Å². The van der Waals surface area contributed by atoms with E-state index in [1.165, 1.54) is 18.2 Å². The highest BCUT2D eigenvalue weighted by Gasteiger charge is 2.36. The summed E-state index contributed by atoms with van der Waals surface area (Å²) >= 11 is 26.0. The van der Waals surface area contributed by atoms with E-state index in [0.717, 1.165) is 22.2 Å². The zero-order valence-corrected chi connectivity index (χ0v) is 23.7. The zero-order valence-electron chi connectivity index (χ0n) is 17.5. The molecule has 11 heteroatoms. The molecule has 3 aromatic rings. The first-order valence-electron chi connectivity index (χ1n) is 9.88. The van der Waals surface area contributed by atoms with E-state index in [9.17, 15) is 14.0 Å². The van der Waals surface area contributed by atoms with Crippen molar-refractivity contribution in [2.24, 2.45) is 0 Å². The molecule has 4 rings (SSSR count). The molecule has 1 aliphatic heterocycles. The lowest BCUT2D eigenvalue weighted by molar-refractivity contribution is -0.123. The second-order valence-electron chi connectivity index (χ2n) is 7.31. The fourth-order valence-corrected chi connectivity index (χ4v) is 6.19. The SMILES string of the molecule is O=C1S/C(=C\c2cc(Br)c(OCc3ccc(Cl)cc3Cl)c(Br)c2)C(=O)N1Cc1c(F)cccc1Cl. The van der Waals surface area contributed by atoms with E-state index in [0.29, 0.717) is 30.3 Å². The van der Waals surface area contributed by atoms with E-state index < -0.39 is 17.0 Å². The number of halogens is 6. The predicted molar refractivity (Wildman–Crippen MR) is 146 cm³/mol. The topological polar surface area (TPSA) is 46.6 Å². The first kappa shape index (κ1) is 26.5. The molecule has 1 aliphatic rings. The van der Waals surface area contributed by atoms with Gasteiger partial charge >= 0.3 is 0 Å². The molecular formula is C24H13Br2Cl3FNO3S. The lowest BCUT2D eigenvalue weighted by Gasteiger charge is -2.14. The fourth-order valence-electron chi connectivity index (χ4n) is 3.22. The highest BCUT2D eigenvalue weighted by Crippen LogP contribution is 2.39. The van der Waals surface area contributed by atoms with Crippen LogP contribution in [0.4, 0.5) is 9.18 Å². The van der Waals surface area contributed by atoms with Gasteiger partial charge in [0.05, 0.1) is 20.4 Å². The smallest absolute Gasteiger partial charge is 0.293 e. The van der Waals surface area contributed by atoms with Crippen molar-refractivity contribution in [3.05, 3.63) is 100.0 Å². The molecule has 0 unspecified atom stereocenters. The Morgan fingerprint density at radius 2 is 1.71 bits per heavy atom. The minimum absolute atomic E-state index is 0.0884. The van der Waals surface area contributed by atoms with Crippen LogP contribution < -0.4 is 4.74 Å². The third kappa shape index (κ3) is 6.06. The Morgan fingerprint density at radius 3 is 2.37 bits per heavy atom. The Kier molecular flexibility index (Phi) is 8.51. The molecule has 180 valence electrons. The number of imide groups is 1. The molecule has 0 bridgehead atoms. The van der Waals surface area contributed by atoms with Crippen molar-refractivity contribution in [1.29, 1.82) is 0 Å². The van der Waals surface area contributed by atoms with Crippen LogP contribution in [0.1, 0.15) is 16.7 Å². The Morgan fingerprint density at radius 1 is 1.00 bits per heavy atom. The summed E-state index contributed by atoms with van der Waals surface area (Å²) in [6, 6.07) is 12.9. The summed E-state index contributed by atoms with van der Waals surface area (Å²) in [7, 11) is 0. The molecular weight excluding hydrogens is 667 g/mol. The van der Waals surface area contributed by atoms with Crippen LogP contribution in [0, 0.1) is 5.82 Å². The summed E-state index contributed by atoms with van der Waals surface area (Å²) in [6.45, 7) is -0.0367. The van der Waals surface area contributed by atoms with Gasteiger partial charge in [-0.3, -0.25) is 14.5 Å². The number of hydrogen-bond acceptors (Lipinski definition) is 4. The summed E-state index contributed by atoms with van der Waals surface area (Å²) in [5, 5.41) is 0.676. The number of ether oxygens (including phenoxy) is 1. The van der Waals surface area contributed by atoms with Crippen LogP contribution in [0.2, 0.25) is 15.1 Å². The van der Waals surface area contributed by atoms with Gasteiger partial charge in [-0.2, -0.15) is 0 Å². The van der Waals surface area contributed by atoms with Crippen molar-refractivity contribution in [2.45, 2.75) is 13.2 Å². The maximum atomic E-state index is 14.1. The number of rotatable bonds is 6. The standard InChI is InChI=1S/C24H13Br2Cl3FNO3S/c25-16-6-12(7-17(26)22(16)34-11-13-4-5-14(27)9-19(13)29)8-21-23(32)31(24(33)35-21)10-15-18(28)2-1-3-20(15)30/h1-9H,10-11H2/b21-8-. The van der Waals surface area contributed by atoms with Gasteiger partial charge in [-0.05, 0) is 91.7 Å². The molecule has 1 fully saturated rings. The number of carbonyl (C=O) groups excluding carboxylic acids is 2. The Labute approximate surface area is 236 Å². The second-order valence-corrected chi connectivity index (χ2v) is 11.3. The van der Waals surface area contributed by atoms with Crippen LogP contribution in [-0.2, 0) is 17.9 Å². The Bertz CT molecular complexity index is 1340. The molecule has 4 nitrogen and oxygen atoms in total. The van der Waals surface area contributed by atoms with Crippen LogP contribution in [0.15, 0.2) is 62.4 Å². The minimum atomic E-state index is -0.580. The lowest BCUT2D eigenvalue weighted by Crippen LogP contribution is -2.28. The average Bonchev–Trinajstić information content (AvgIpc) is 3.04. The van der Waals surface area contributed by atoms with Crippen molar-refractivity contribution < 1.29 is 18.7 Å². The van der Waals surface area contributed by atoms with Gasteiger partial charge in [0, 0.05) is 26.2 Å². The molecule has 35 heavy (non-hydrogen) atoms. The first-order valence-corrected chi connectivity index (χ1v) is 13.4. The molecule has 0 atom stereocenters. The van der Waals surface area contributed by atoms with E-state index in [2.05, 4.69) is 31.9 Å². The normalized spacial score (nSPS) is 14.8. The van der Waals surface area contributed by atoms with Gasteiger partial charge in [0.15, 0.2) is 0 Å². The minimum Gasteiger partial charge on any atom is -0.486 e. The maximum Gasteiger partial charge on any atom is 0.293 e. The van der Waals surface area contributed by atoms with Crippen LogP contribution in [0.3, 0.4) is 0 Å². The summed E-state index contributed by atoms with van der Waals surface area (Å²) < 4.78 is 21.3. The Balaban J connectivity index is 1.52. The number of carbonyl (C=O) groups is 2. The number of benzene rings is 3. The van der Waals surface area contributed by atoms with Crippen LogP contribution in [0.25, 0.3) is 6.08 Å². The predicted octanol–water partition coefficient (Wildman–Crippen LogP) is 9.13. The van der Waals surface area contributed by atoms with Crippen molar-refractivity contribution in [3.8, 4) is 5.75 Å². The summed E-state index contributed by atoms with van der Waals surface area (Å²) in [5.41, 5.74) is 1.50. The molecule has 0 N–H and O–H groups in total. The number of thioether (sulfide) groups is 1. The third-order valence-corrected chi connectivity index (χ3v) is 7.98. The molecule has 1 saturated heterocycles. The summed E-state index contributed by atoms with van der Waals surface area (Å²) in [5.74, 6) is -0.566. The molecule has 0 spiro atoms. The molecule has 0 aliphatic carbocycles. The van der Waals surface area contributed by atoms with E-state index in [-0.39, 0.29) is 28.6 Å². The monoisotopic (exact) mass is 677 g/mol. The largest absolute Gasteiger partial charge is 0.486 e. The first-order chi connectivity index (χ1) is 16.6. The van der Waals surface area contributed by atoms with Gasteiger partial charge in [0.25, 0.3) is 11.1 Å². The molecule has 3 aromatic carbocycles. The quantitative estimate of drug-likeness (QED) is 0.244. The molecule has 0 saturated carbocycles. The second kappa shape index (κ2) is 11.2. The van der Waals surface area contributed by atoms with Gasteiger partial charge in [0.1, 0.15) is 18.2 Å². The number of amides is 2. The molecule has 0 radical (unpaired) electrons. The zero-order chi connectivity index (χ0) is 25.3. The lowest BCUT2D eigenvalue weighted by atomic mass is 10.2. The van der Waals surface area contributed by atoms with Gasteiger partial charge in [-0.25, -0.2) is 4.39 Å². The van der Waals surface area contributed by atoms with E-state index in [1.54, 1.807) is 36.4 Å². The van der Waals surface area contributed by atoms with Crippen molar-refractivity contribution in [3.63, 3.8) is 0 Å². The van der Waals surface area contributed by atoms with Gasteiger partial charge in [-0.1, -0.05) is 46.9 Å². The van der Waals surface area contributed by atoms with Crippen LogP contribution in [-0.4, -0.2) is 16.0 Å². The van der Waals surface area contributed by atoms with Crippen molar-refractivity contribution in [2.75, 3.05) is 0 Å². The average molecular weight is 681 g/mol. The maximum absolute atomic E-state index is 14.1. The highest BCUT2D eigenvalue weighted by molar-refractivity contribution is 9.11. The van der Waals surface area contributed by atoms with E-state index in [4.69, 9.17) is 39.5 Å². The molecule has 0 aromatic heterocycles. The van der Waals surface area contributed by atoms with Crippen LogP contribution >= 0.6 is 78.4 Å². The van der Waals surface area contributed by atoms with Crippen molar-refractivity contribution in [1.82, 2.24) is 4.90 Å². The van der Waals surface area contributed by atoms with Gasteiger partial charge in [-0.15, -0.1) is 0 Å². The number of hydrogen-bond donors (Lipinski definition) is 0. The fraction of sp³-hybridized carbons (Fsp3) is 0.0833. The summed E-state index contributed by atoms with van der Waals surface area (Å²) in [4.78, 5) is 26.5. The molecule has 2 amide bonds. The third-order valence-electron chi connectivity index (χ3n) is 4.96. The summed E-state index contributed by atoms with van der Waals surface area (Å²) in [6.07, 6.45) is 1.59. The van der Waals surface area contributed by atoms with E-state index in [1.807, 2.05) is 0 Å². The van der Waals surface area contributed by atoms with Gasteiger partial charge in [0.2, 0.25) is 0 Å². The Hall–Kier alpha value is -1.55. The number of nitrogens with zero attached hydrogens (tertiary/aromatic N) is 1. The van der Waals surface area contributed by atoms with Crippen molar-refractivity contribution >= 4 is 95.6 Å². The van der Waals surface area contributed by atoms with Gasteiger partial charge < -0.3 is 4.74 Å². The van der Waals surface area contributed by atoms with E-state index >= 15 is 0 Å². The molecule has 1 heterocycles.